The van der Waals surface area contributed by atoms with Crippen LogP contribution in [0, 0.1) is 5.82 Å². The van der Waals surface area contributed by atoms with E-state index in [0.717, 1.165) is 5.56 Å². The van der Waals surface area contributed by atoms with Gasteiger partial charge in [0.05, 0.1) is 6.61 Å². The lowest BCUT2D eigenvalue weighted by Gasteiger charge is -2.18. The average molecular weight is 273 g/mol. The molecule has 0 unspecified atom stereocenters. The van der Waals surface area contributed by atoms with Gasteiger partial charge in [-0.3, -0.25) is 0 Å². The number of nitrogens with one attached hydrogen (secondary N) is 1. The van der Waals surface area contributed by atoms with Gasteiger partial charge < -0.3 is 10.1 Å². The summed E-state index contributed by atoms with van der Waals surface area (Å²) in [5.74, 6) is -0.742. The third-order valence-electron chi connectivity index (χ3n) is 2.79. The minimum absolute atomic E-state index is 0.299. The van der Waals surface area contributed by atoms with Gasteiger partial charge in [-0.1, -0.05) is 36.4 Å². The predicted molar refractivity (Wildman–Crippen MR) is 75.8 cm³/mol. The largest absolute Gasteiger partial charge is 0.464 e. The van der Waals surface area contributed by atoms with Gasteiger partial charge in [-0.15, -0.1) is 0 Å². The number of carbonyl (C=O) groups is 1. The molecule has 2 aromatic carbocycles. The molecule has 2 aromatic rings. The molecule has 0 saturated heterocycles. The van der Waals surface area contributed by atoms with Gasteiger partial charge in [-0.2, -0.15) is 0 Å². The molecule has 1 N–H and O–H groups in total. The molecule has 0 aliphatic heterocycles. The zero-order valence-electron chi connectivity index (χ0n) is 11.2. The number of rotatable bonds is 5. The number of anilines is 1. The summed E-state index contributed by atoms with van der Waals surface area (Å²) in [6, 6.07) is 14.5. The van der Waals surface area contributed by atoms with E-state index in [-0.39, 0.29) is 11.8 Å². The summed E-state index contributed by atoms with van der Waals surface area (Å²) in [5, 5.41) is 3.01. The van der Waals surface area contributed by atoms with E-state index in [2.05, 4.69) is 5.32 Å². The summed E-state index contributed by atoms with van der Waals surface area (Å²) in [4.78, 5) is 12.1. The second-order valence-corrected chi connectivity index (χ2v) is 4.25. The van der Waals surface area contributed by atoms with E-state index >= 15 is 0 Å². The van der Waals surface area contributed by atoms with Crippen molar-refractivity contribution >= 4 is 11.7 Å². The van der Waals surface area contributed by atoms with E-state index in [1.165, 1.54) is 12.1 Å². The molecule has 0 radical (unpaired) electrons. The second-order valence-electron chi connectivity index (χ2n) is 4.25. The Hall–Kier alpha value is -2.36. The number of carbonyl (C=O) groups excluding carboxylic acids is 1. The summed E-state index contributed by atoms with van der Waals surface area (Å²) in [5.41, 5.74) is 1.31. The van der Waals surface area contributed by atoms with Crippen LogP contribution in [0.4, 0.5) is 10.1 Å². The Labute approximate surface area is 117 Å². The van der Waals surface area contributed by atoms with Crippen LogP contribution in [-0.2, 0) is 9.53 Å². The highest BCUT2D eigenvalue weighted by molar-refractivity contribution is 5.81. The first-order valence-corrected chi connectivity index (χ1v) is 6.44. The first-order valence-electron chi connectivity index (χ1n) is 6.44. The maximum Gasteiger partial charge on any atom is 0.333 e. The lowest BCUT2D eigenvalue weighted by Crippen LogP contribution is -2.23. The molecule has 0 aliphatic carbocycles. The number of hydrogen-bond acceptors (Lipinski definition) is 3. The topological polar surface area (TPSA) is 38.3 Å². The van der Waals surface area contributed by atoms with Crippen LogP contribution in [0.15, 0.2) is 54.6 Å². The van der Waals surface area contributed by atoms with Crippen molar-refractivity contribution in [3.05, 3.63) is 66.0 Å². The maximum absolute atomic E-state index is 13.2. The molecular weight excluding hydrogens is 257 g/mol. The number of halogens is 1. The van der Waals surface area contributed by atoms with Crippen molar-refractivity contribution in [1.29, 1.82) is 0 Å². The van der Waals surface area contributed by atoms with E-state index in [1.54, 1.807) is 19.1 Å². The molecule has 104 valence electrons. The van der Waals surface area contributed by atoms with Gasteiger partial charge in [0.15, 0.2) is 6.04 Å². The summed E-state index contributed by atoms with van der Waals surface area (Å²) in [6.45, 7) is 2.05. The van der Waals surface area contributed by atoms with Crippen molar-refractivity contribution in [3.63, 3.8) is 0 Å². The van der Waals surface area contributed by atoms with Crippen molar-refractivity contribution in [2.75, 3.05) is 11.9 Å². The third-order valence-corrected chi connectivity index (χ3v) is 2.79. The minimum atomic E-state index is -0.655. The first kappa shape index (κ1) is 14.1. The van der Waals surface area contributed by atoms with Gasteiger partial charge in [0.1, 0.15) is 5.82 Å². The molecule has 0 aromatic heterocycles. The summed E-state index contributed by atoms with van der Waals surface area (Å²) in [7, 11) is 0. The van der Waals surface area contributed by atoms with Crippen molar-refractivity contribution in [1.82, 2.24) is 0 Å². The van der Waals surface area contributed by atoms with Crippen LogP contribution in [0.1, 0.15) is 18.5 Å². The molecule has 20 heavy (non-hydrogen) atoms. The van der Waals surface area contributed by atoms with E-state index < -0.39 is 6.04 Å². The Morgan fingerprint density at radius 1 is 1.20 bits per heavy atom. The SMILES string of the molecule is CCOC(=O)[C@H](Nc1cccc(F)c1)c1ccccc1. The average Bonchev–Trinajstić information content (AvgIpc) is 2.46. The molecule has 3 nitrogen and oxygen atoms in total. The quantitative estimate of drug-likeness (QED) is 0.847. The van der Waals surface area contributed by atoms with E-state index in [1.807, 2.05) is 30.3 Å². The normalized spacial score (nSPS) is 11.7. The number of ether oxygens (including phenoxy) is 1. The fourth-order valence-electron chi connectivity index (χ4n) is 1.89. The number of hydrogen-bond donors (Lipinski definition) is 1. The molecule has 0 heterocycles. The fraction of sp³-hybridized carbons (Fsp3) is 0.188. The smallest absolute Gasteiger partial charge is 0.333 e. The molecule has 0 bridgehead atoms. The maximum atomic E-state index is 13.2. The predicted octanol–water partition coefficient (Wildman–Crippen LogP) is 3.54. The Balaban J connectivity index is 2.25. The van der Waals surface area contributed by atoms with Crippen LogP contribution in [0.3, 0.4) is 0 Å². The Bertz CT molecular complexity index is 572. The van der Waals surface area contributed by atoms with E-state index in [9.17, 15) is 9.18 Å². The van der Waals surface area contributed by atoms with E-state index in [4.69, 9.17) is 4.74 Å². The highest BCUT2D eigenvalue weighted by Crippen LogP contribution is 2.21. The summed E-state index contributed by atoms with van der Waals surface area (Å²) < 4.78 is 18.3. The summed E-state index contributed by atoms with van der Waals surface area (Å²) in [6.07, 6.45) is 0. The monoisotopic (exact) mass is 273 g/mol. The molecule has 0 spiro atoms. The van der Waals surface area contributed by atoms with Crippen LogP contribution < -0.4 is 5.32 Å². The zero-order chi connectivity index (χ0) is 14.4. The molecule has 4 heteroatoms. The van der Waals surface area contributed by atoms with Gasteiger partial charge in [-0.25, -0.2) is 9.18 Å². The highest BCUT2D eigenvalue weighted by Gasteiger charge is 2.21. The van der Waals surface area contributed by atoms with Crippen LogP contribution in [0.2, 0.25) is 0 Å². The first-order chi connectivity index (χ1) is 9.70. The highest BCUT2D eigenvalue weighted by atomic mass is 19.1. The standard InChI is InChI=1S/C16H16FNO2/c1-2-20-16(19)15(12-7-4-3-5-8-12)18-14-10-6-9-13(17)11-14/h3-11,15,18H,2H2,1H3/t15-/m1/s1. The second kappa shape index (κ2) is 6.70. The fourth-order valence-corrected chi connectivity index (χ4v) is 1.89. The van der Waals surface area contributed by atoms with Crippen molar-refractivity contribution in [2.45, 2.75) is 13.0 Å². The van der Waals surface area contributed by atoms with Crippen molar-refractivity contribution in [3.8, 4) is 0 Å². The zero-order valence-corrected chi connectivity index (χ0v) is 11.2. The van der Waals surface area contributed by atoms with Gasteiger partial charge in [0, 0.05) is 5.69 Å². The molecule has 0 fully saturated rings. The Morgan fingerprint density at radius 2 is 1.95 bits per heavy atom. The molecule has 0 saturated carbocycles. The molecule has 0 amide bonds. The summed E-state index contributed by atoms with van der Waals surface area (Å²) >= 11 is 0. The molecule has 2 rings (SSSR count). The van der Waals surface area contributed by atoms with Crippen molar-refractivity contribution < 1.29 is 13.9 Å². The Kier molecular flexibility index (Phi) is 4.71. The molecule has 0 aliphatic rings. The van der Waals surface area contributed by atoms with Gasteiger partial charge in [-0.05, 0) is 30.7 Å². The minimum Gasteiger partial charge on any atom is -0.464 e. The van der Waals surface area contributed by atoms with Gasteiger partial charge >= 0.3 is 5.97 Å². The molecule has 1 atom stereocenters. The lowest BCUT2D eigenvalue weighted by molar-refractivity contribution is -0.144. The van der Waals surface area contributed by atoms with Crippen LogP contribution in [-0.4, -0.2) is 12.6 Å². The van der Waals surface area contributed by atoms with Crippen LogP contribution >= 0.6 is 0 Å². The van der Waals surface area contributed by atoms with Crippen LogP contribution in [0.5, 0.6) is 0 Å². The van der Waals surface area contributed by atoms with Crippen molar-refractivity contribution in [2.24, 2.45) is 0 Å². The van der Waals surface area contributed by atoms with Gasteiger partial charge in [0.25, 0.3) is 0 Å². The number of esters is 1. The Morgan fingerprint density at radius 3 is 2.60 bits per heavy atom. The lowest BCUT2D eigenvalue weighted by atomic mass is 10.1. The molecular formula is C16H16FNO2. The van der Waals surface area contributed by atoms with Gasteiger partial charge in [0.2, 0.25) is 0 Å². The van der Waals surface area contributed by atoms with E-state index in [0.29, 0.717) is 12.3 Å². The third kappa shape index (κ3) is 3.57. The number of benzene rings is 2. The van der Waals surface area contributed by atoms with Crippen LogP contribution in [0.25, 0.3) is 0 Å².